The second-order valence-electron chi connectivity index (χ2n) is 5.91. The second kappa shape index (κ2) is 7.98. The Labute approximate surface area is 133 Å². The standard InChI is InChI=1S/C20H25FO/c1-4-12-22-20-11-10-18(14-19(20)21)17-8-6-16(7-9-17)13-15(3)5-2/h6-11,14-15H,4-5,12-13H2,1-3H3. The molecular formula is C20H25FO. The van der Waals surface area contributed by atoms with E-state index in [-0.39, 0.29) is 5.82 Å². The number of ether oxygens (including phenoxy) is 1. The fourth-order valence-electron chi connectivity index (χ4n) is 2.39. The van der Waals surface area contributed by atoms with Crippen molar-refractivity contribution < 1.29 is 9.13 Å². The highest BCUT2D eigenvalue weighted by Gasteiger charge is 2.07. The lowest BCUT2D eigenvalue weighted by molar-refractivity contribution is 0.301. The van der Waals surface area contributed by atoms with Gasteiger partial charge in [0, 0.05) is 0 Å². The lowest BCUT2D eigenvalue weighted by atomic mass is 9.97. The first kappa shape index (κ1) is 16.5. The van der Waals surface area contributed by atoms with Crippen LogP contribution in [0.4, 0.5) is 4.39 Å². The van der Waals surface area contributed by atoms with Crippen molar-refractivity contribution in [1.82, 2.24) is 0 Å². The molecule has 0 aliphatic carbocycles. The van der Waals surface area contributed by atoms with Crippen LogP contribution >= 0.6 is 0 Å². The van der Waals surface area contributed by atoms with E-state index in [1.165, 1.54) is 12.0 Å². The van der Waals surface area contributed by atoms with E-state index in [9.17, 15) is 4.39 Å². The summed E-state index contributed by atoms with van der Waals surface area (Å²) in [6, 6.07) is 13.6. The molecule has 0 fully saturated rings. The zero-order valence-corrected chi connectivity index (χ0v) is 13.7. The fraction of sp³-hybridized carbons (Fsp3) is 0.400. The third-order valence-corrected chi connectivity index (χ3v) is 3.96. The van der Waals surface area contributed by atoms with Crippen LogP contribution in [-0.2, 0) is 6.42 Å². The summed E-state index contributed by atoms with van der Waals surface area (Å²) in [7, 11) is 0. The Morgan fingerprint density at radius 1 is 1.00 bits per heavy atom. The van der Waals surface area contributed by atoms with Crippen molar-refractivity contribution in [2.75, 3.05) is 6.61 Å². The molecule has 0 aliphatic heterocycles. The van der Waals surface area contributed by atoms with Crippen molar-refractivity contribution in [3.8, 4) is 16.9 Å². The average molecular weight is 300 g/mol. The molecule has 118 valence electrons. The molecule has 2 rings (SSSR count). The number of rotatable bonds is 7. The third-order valence-electron chi connectivity index (χ3n) is 3.96. The van der Waals surface area contributed by atoms with E-state index >= 15 is 0 Å². The van der Waals surface area contributed by atoms with Gasteiger partial charge in [-0.25, -0.2) is 4.39 Å². The van der Waals surface area contributed by atoms with Crippen molar-refractivity contribution in [3.63, 3.8) is 0 Å². The molecule has 0 N–H and O–H groups in total. The van der Waals surface area contributed by atoms with Gasteiger partial charge in [-0.05, 0) is 47.6 Å². The van der Waals surface area contributed by atoms with E-state index in [0.29, 0.717) is 18.3 Å². The molecular weight excluding hydrogens is 275 g/mol. The monoisotopic (exact) mass is 300 g/mol. The van der Waals surface area contributed by atoms with Crippen LogP contribution in [0.25, 0.3) is 11.1 Å². The van der Waals surface area contributed by atoms with Gasteiger partial charge < -0.3 is 4.74 Å². The van der Waals surface area contributed by atoms with E-state index in [0.717, 1.165) is 24.0 Å². The first-order valence-corrected chi connectivity index (χ1v) is 8.15. The highest BCUT2D eigenvalue weighted by atomic mass is 19.1. The maximum atomic E-state index is 14.0. The normalized spacial score (nSPS) is 12.2. The lowest BCUT2D eigenvalue weighted by Gasteiger charge is -2.10. The van der Waals surface area contributed by atoms with Crippen molar-refractivity contribution in [2.45, 2.75) is 40.0 Å². The van der Waals surface area contributed by atoms with Gasteiger partial charge in [0.15, 0.2) is 11.6 Å². The van der Waals surface area contributed by atoms with E-state index in [1.54, 1.807) is 12.1 Å². The SMILES string of the molecule is CCCOc1ccc(-c2ccc(CC(C)CC)cc2)cc1F. The Morgan fingerprint density at radius 2 is 1.68 bits per heavy atom. The largest absolute Gasteiger partial charge is 0.491 e. The Balaban J connectivity index is 2.12. The van der Waals surface area contributed by atoms with Gasteiger partial charge in [-0.3, -0.25) is 0 Å². The fourth-order valence-corrected chi connectivity index (χ4v) is 2.39. The minimum atomic E-state index is -0.297. The molecule has 0 radical (unpaired) electrons. The molecule has 1 nitrogen and oxygen atoms in total. The Morgan fingerprint density at radius 3 is 2.27 bits per heavy atom. The zero-order valence-electron chi connectivity index (χ0n) is 13.7. The summed E-state index contributed by atoms with van der Waals surface area (Å²) in [6.07, 6.45) is 3.15. The molecule has 0 aromatic heterocycles. The highest BCUT2D eigenvalue weighted by Crippen LogP contribution is 2.26. The first-order chi connectivity index (χ1) is 10.6. The van der Waals surface area contributed by atoms with Gasteiger partial charge in [-0.15, -0.1) is 0 Å². The Bertz CT molecular complexity index is 589. The van der Waals surface area contributed by atoms with Crippen LogP contribution in [0, 0.1) is 11.7 Å². The maximum Gasteiger partial charge on any atom is 0.165 e. The second-order valence-corrected chi connectivity index (χ2v) is 5.91. The number of benzene rings is 2. The van der Waals surface area contributed by atoms with Crippen LogP contribution in [0.5, 0.6) is 5.75 Å². The zero-order chi connectivity index (χ0) is 15.9. The van der Waals surface area contributed by atoms with E-state index < -0.39 is 0 Å². The topological polar surface area (TPSA) is 9.23 Å². The van der Waals surface area contributed by atoms with E-state index in [4.69, 9.17) is 4.74 Å². The Kier molecular flexibility index (Phi) is 6.00. The molecule has 0 amide bonds. The molecule has 0 bridgehead atoms. The van der Waals surface area contributed by atoms with Crippen LogP contribution in [-0.4, -0.2) is 6.61 Å². The van der Waals surface area contributed by atoms with Crippen LogP contribution in [0.15, 0.2) is 42.5 Å². The predicted octanol–water partition coefficient (Wildman–Crippen LogP) is 5.87. The molecule has 22 heavy (non-hydrogen) atoms. The van der Waals surface area contributed by atoms with Gasteiger partial charge in [-0.1, -0.05) is 57.5 Å². The molecule has 1 unspecified atom stereocenters. The number of hydrogen-bond acceptors (Lipinski definition) is 1. The maximum absolute atomic E-state index is 14.0. The van der Waals surface area contributed by atoms with Gasteiger partial charge in [0.25, 0.3) is 0 Å². The summed E-state index contributed by atoms with van der Waals surface area (Å²) >= 11 is 0. The summed E-state index contributed by atoms with van der Waals surface area (Å²) in [5, 5.41) is 0. The van der Waals surface area contributed by atoms with Crippen LogP contribution in [0.2, 0.25) is 0 Å². The van der Waals surface area contributed by atoms with Gasteiger partial charge >= 0.3 is 0 Å². The number of hydrogen-bond donors (Lipinski definition) is 0. The smallest absolute Gasteiger partial charge is 0.165 e. The molecule has 0 saturated carbocycles. The number of halogens is 1. The van der Waals surface area contributed by atoms with Gasteiger partial charge in [0.2, 0.25) is 0 Å². The molecule has 2 aromatic rings. The highest BCUT2D eigenvalue weighted by molar-refractivity contribution is 5.64. The first-order valence-electron chi connectivity index (χ1n) is 8.15. The third kappa shape index (κ3) is 4.33. The van der Waals surface area contributed by atoms with Crippen LogP contribution in [0.1, 0.15) is 39.2 Å². The molecule has 0 heterocycles. The van der Waals surface area contributed by atoms with Gasteiger partial charge in [0.1, 0.15) is 0 Å². The average Bonchev–Trinajstić information content (AvgIpc) is 2.54. The minimum Gasteiger partial charge on any atom is -0.491 e. The van der Waals surface area contributed by atoms with Crippen LogP contribution in [0.3, 0.4) is 0 Å². The van der Waals surface area contributed by atoms with E-state index in [1.807, 2.05) is 13.0 Å². The summed E-state index contributed by atoms with van der Waals surface area (Å²) in [5.41, 5.74) is 3.26. The van der Waals surface area contributed by atoms with E-state index in [2.05, 4.69) is 38.1 Å². The van der Waals surface area contributed by atoms with Crippen molar-refractivity contribution in [3.05, 3.63) is 53.8 Å². The molecule has 0 saturated heterocycles. The summed E-state index contributed by atoms with van der Waals surface area (Å²) in [4.78, 5) is 0. The summed E-state index contributed by atoms with van der Waals surface area (Å²) < 4.78 is 19.4. The molecule has 0 spiro atoms. The molecule has 2 aromatic carbocycles. The van der Waals surface area contributed by atoms with Crippen LogP contribution < -0.4 is 4.74 Å². The summed E-state index contributed by atoms with van der Waals surface area (Å²) in [6.45, 7) is 7.02. The quantitative estimate of drug-likeness (QED) is 0.621. The lowest BCUT2D eigenvalue weighted by Crippen LogP contribution is -1.98. The van der Waals surface area contributed by atoms with Crippen molar-refractivity contribution >= 4 is 0 Å². The van der Waals surface area contributed by atoms with Gasteiger partial charge in [0.05, 0.1) is 6.61 Å². The van der Waals surface area contributed by atoms with Gasteiger partial charge in [-0.2, -0.15) is 0 Å². The molecule has 2 heteroatoms. The Hall–Kier alpha value is -1.83. The molecule has 0 aliphatic rings. The van der Waals surface area contributed by atoms with Crippen molar-refractivity contribution in [2.24, 2.45) is 5.92 Å². The molecule has 1 atom stereocenters. The summed E-state index contributed by atoms with van der Waals surface area (Å²) in [5.74, 6) is 0.729. The predicted molar refractivity (Wildman–Crippen MR) is 90.8 cm³/mol. The minimum absolute atomic E-state index is 0.297. The van der Waals surface area contributed by atoms with Crippen molar-refractivity contribution in [1.29, 1.82) is 0 Å².